The van der Waals surface area contributed by atoms with Gasteiger partial charge in [-0.05, 0) is 13.0 Å². The number of aromatic nitrogens is 2. The van der Waals surface area contributed by atoms with E-state index in [4.69, 9.17) is 10.5 Å². The number of ether oxygens (including phenoxy) is 1. The Labute approximate surface area is 82.3 Å². The van der Waals surface area contributed by atoms with Crippen LogP contribution in [0.3, 0.4) is 0 Å². The summed E-state index contributed by atoms with van der Waals surface area (Å²) in [5, 5.41) is 0. The minimum absolute atomic E-state index is 0.140. The maximum absolute atomic E-state index is 11.2. The van der Waals surface area contributed by atoms with Crippen LogP contribution < -0.4 is 11.3 Å². The first-order valence-corrected chi connectivity index (χ1v) is 4.54. The summed E-state index contributed by atoms with van der Waals surface area (Å²) in [7, 11) is 1.57. The van der Waals surface area contributed by atoms with Crippen LogP contribution in [0.4, 0.5) is 0 Å². The molecule has 0 aliphatic heterocycles. The molecule has 0 fully saturated rings. The lowest BCUT2D eigenvalue weighted by atomic mass is 10.3. The average molecular weight is 197 g/mol. The quantitative estimate of drug-likeness (QED) is 0.685. The second-order valence-electron chi connectivity index (χ2n) is 3.01. The van der Waals surface area contributed by atoms with Crippen molar-refractivity contribution in [2.24, 2.45) is 5.73 Å². The van der Waals surface area contributed by atoms with Gasteiger partial charge in [-0.25, -0.2) is 4.98 Å². The number of aryl methyl sites for hydroxylation is 1. The Morgan fingerprint density at radius 2 is 2.43 bits per heavy atom. The number of aromatic amines is 1. The first-order chi connectivity index (χ1) is 6.76. The SMILES string of the molecule is COCc1cc(=O)[nH]c(CCCN)n1. The van der Waals surface area contributed by atoms with Gasteiger partial charge in [-0.15, -0.1) is 0 Å². The number of methoxy groups -OCH3 is 1. The van der Waals surface area contributed by atoms with E-state index in [2.05, 4.69) is 9.97 Å². The fourth-order valence-electron chi connectivity index (χ4n) is 1.17. The van der Waals surface area contributed by atoms with Gasteiger partial charge >= 0.3 is 0 Å². The van der Waals surface area contributed by atoms with Crippen molar-refractivity contribution in [3.8, 4) is 0 Å². The highest BCUT2D eigenvalue weighted by molar-refractivity contribution is 5.01. The van der Waals surface area contributed by atoms with Crippen molar-refractivity contribution in [2.45, 2.75) is 19.4 Å². The summed E-state index contributed by atoms with van der Waals surface area (Å²) >= 11 is 0. The molecule has 0 aromatic carbocycles. The van der Waals surface area contributed by atoms with Gasteiger partial charge in [0.2, 0.25) is 0 Å². The van der Waals surface area contributed by atoms with Crippen LogP contribution in [0, 0.1) is 0 Å². The van der Waals surface area contributed by atoms with E-state index >= 15 is 0 Å². The number of rotatable bonds is 5. The first-order valence-electron chi connectivity index (χ1n) is 4.54. The first kappa shape index (κ1) is 10.9. The molecule has 1 heterocycles. The van der Waals surface area contributed by atoms with Crippen molar-refractivity contribution in [2.75, 3.05) is 13.7 Å². The highest BCUT2D eigenvalue weighted by Gasteiger charge is 2.00. The van der Waals surface area contributed by atoms with Gasteiger partial charge in [0.15, 0.2) is 0 Å². The summed E-state index contributed by atoms with van der Waals surface area (Å²) in [5.74, 6) is 0.676. The summed E-state index contributed by atoms with van der Waals surface area (Å²) in [6, 6.07) is 1.44. The van der Waals surface area contributed by atoms with E-state index in [1.807, 2.05) is 0 Å². The van der Waals surface area contributed by atoms with Crippen LogP contribution in [0.15, 0.2) is 10.9 Å². The zero-order valence-electron chi connectivity index (χ0n) is 8.25. The number of nitrogens with one attached hydrogen (secondary N) is 1. The third-order valence-electron chi connectivity index (χ3n) is 1.75. The summed E-state index contributed by atoms with van der Waals surface area (Å²) in [6.07, 6.45) is 1.52. The standard InChI is InChI=1S/C9H15N3O2/c1-14-6-7-5-9(13)12-8(11-7)3-2-4-10/h5H,2-4,6,10H2,1H3,(H,11,12,13). The smallest absolute Gasteiger partial charge is 0.251 e. The van der Waals surface area contributed by atoms with Crippen LogP contribution in [-0.2, 0) is 17.8 Å². The van der Waals surface area contributed by atoms with Gasteiger partial charge in [0.1, 0.15) is 5.82 Å². The van der Waals surface area contributed by atoms with Gasteiger partial charge < -0.3 is 15.5 Å². The molecule has 3 N–H and O–H groups in total. The Morgan fingerprint density at radius 1 is 1.64 bits per heavy atom. The molecule has 0 spiro atoms. The van der Waals surface area contributed by atoms with Crippen LogP contribution in [0.2, 0.25) is 0 Å². The Kier molecular flexibility index (Phi) is 4.28. The Bertz CT molecular complexity index is 335. The zero-order chi connectivity index (χ0) is 10.4. The molecular weight excluding hydrogens is 182 g/mol. The molecule has 5 heteroatoms. The molecule has 1 rings (SSSR count). The predicted octanol–water partition coefficient (Wildman–Crippen LogP) is -0.192. The summed E-state index contributed by atoms with van der Waals surface area (Å²) in [5.41, 5.74) is 5.88. The van der Waals surface area contributed by atoms with E-state index in [-0.39, 0.29) is 5.56 Å². The Hall–Kier alpha value is -1.20. The van der Waals surface area contributed by atoms with Crippen molar-refractivity contribution in [1.82, 2.24) is 9.97 Å². The molecule has 0 atom stereocenters. The Balaban J connectivity index is 2.78. The van der Waals surface area contributed by atoms with Crippen LogP contribution >= 0.6 is 0 Å². The normalized spacial score (nSPS) is 10.4. The van der Waals surface area contributed by atoms with E-state index in [0.29, 0.717) is 31.1 Å². The van der Waals surface area contributed by atoms with Crippen molar-refractivity contribution in [3.63, 3.8) is 0 Å². The van der Waals surface area contributed by atoms with Crippen LogP contribution in [0.5, 0.6) is 0 Å². The third kappa shape index (κ3) is 3.27. The molecule has 0 aliphatic carbocycles. The van der Waals surface area contributed by atoms with Crippen LogP contribution in [0.25, 0.3) is 0 Å². The minimum atomic E-state index is -0.140. The van der Waals surface area contributed by atoms with E-state index in [1.165, 1.54) is 6.07 Å². The van der Waals surface area contributed by atoms with Crippen LogP contribution in [0.1, 0.15) is 17.9 Å². The highest BCUT2D eigenvalue weighted by Crippen LogP contribution is 1.96. The number of nitrogens with two attached hydrogens (primary N) is 1. The number of hydrogen-bond donors (Lipinski definition) is 2. The summed E-state index contributed by atoms with van der Waals surface area (Å²) < 4.78 is 4.90. The second kappa shape index (κ2) is 5.51. The van der Waals surface area contributed by atoms with E-state index in [9.17, 15) is 4.79 Å². The number of hydrogen-bond acceptors (Lipinski definition) is 4. The molecule has 5 nitrogen and oxygen atoms in total. The molecule has 0 radical (unpaired) electrons. The number of nitrogens with zero attached hydrogens (tertiary/aromatic N) is 1. The molecule has 14 heavy (non-hydrogen) atoms. The van der Waals surface area contributed by atoms with Gasteiger partial charge in [-0.1, -0.05) is 0 Å². The van der Waals surface area contributed by atoms with Crippen LogP contribution in [-0.4, -0.2) is 23.6 Å². The van der Waals surface area contributed by atoms with Crippen molar-refractivity contribution < 1.29 is 4.74 Å². The minimum Gasteiger partial charge on any atom is -0.378 e. The highest BCUT2D eigenvalue weighted by atomic mass is 16.5. The molecule has 1 aromatic heterocycles. The lowest BCUT2D eigenvalue weighted by Gasteiger charge is -2.02. The molecule has 0 aliphatic rings. The Morgan fingerprint density at radius 3 is 3.07 bits per heavy atom. The molecule has 0 saturated heterocycles. The molecular formula is C9H15N3O2. The molecule has 78 valence electrons. The third-order valence-corrected chi connectivity index (χ3v) is 1.75. The van der Waals surface area contributed by atoms with E-state index < -0.39 is 0 Å². The second-order valence-corrected chi connectivity index (χ2v) is 3.01. The summed E-state index contributed by atoms with van der Waals surface area (Å²) in [6.45, 7) is 0.956. The molecule has 1 aromatic rings. The summed E-state index contributed by atoms with van der Waals surface area (Å²) in [4.78, 5) is 18.1. The lowest BCUT2D eigenvalue weighted by Crippen LogP contribution is -2.14. The fraction of sp³-hybridized carbons (Fsp3) is 0.556. The maximum atomic E-state index is 11.2. The van der Waals surface area contributed by atoms with Crippen molar-refractivity contribution in [1.29, 1.82) is 0 Å². The van der Waals surface area contributed by atoms with Gasteiger partial charge in [0.25, 0.3) is 5.56 Å². The maximum Gasteiger partial charge on any atom is 0.251 e. The van der Waals surface area contributed by atoms with Crippen molar-refractivity contribution in [3.05, 3.63) is 27.9 Å². The van der Waals surface area contributed by atoms with Gasteiger partial charge in [0, 0.05) is 19.6 Å². The predicted molar refractivity (Wildman–Crippen MR) is 52.9 cm³/mol. The molecule has 0 bridgehead atoms. The molecule has 0 saturated carbocycles. The topological polar surface area (TPSA) is 81.0 Å². The molecule has 0 unspecified atom stereocenters. The molecule has 0 amide bonds. The fourth-order valence-corrected chi connectivity index (χ4v) is 1.17. The monoisotopic (exact) mass is 197 g/mol. The lowest BCUT2D eigenvalue weighted by molar-refractivity contribution is 0.181. The van der Waals surface area contributed by atoms with E-state index in [1.54, 1.807) is 7.11 Å². The van der Waals surface area contributed by atoms with E-state index in [0.717, 1.165) is 6.42 Å². The average Bonchev–Trinajstić information content (AvgIpc) is 2.14. The number of H-pyrrole nitrogens is 1. The van der Waals surface area contributed by atoms with Crippen molar-refractivity contribution >= 4 is 0 Å². The zero-order valence-corrected chi connectivity index (χ0v) is 8.25. The van der Waals surface area contributed by atoms with Gasteiger partial charge in [0.05, 0.1) is 12.3 Å². The largest absolute Gasteiger partial charge is 0.378 e. The van der Waals surface area contributed by atoms with Gasteiger partial charge in [-0.2, -0.15) is 0 Å². The van der Waals surface area contributed by atoms with Gasteiger partial charge in [-0.3, -0.25) is 4.79 Å².